The summed E-state index contributed by atoms with van der Waals surface area (Å²) in [6, 6.07) is 7.94. The Balaban J connectivity index is 1.56. The molecule has 124 valence electrons. The number of halogens is 1. The molecule has 1 aliphatic rings. The van der Waals surface area contributed by atoms with Crippen molar-refractivity contribution in [2.24, 2.45) is 5.92 Å². The lowest BCUT2D eigenvalue weighted by Crippen LogP contribution is -2.35. The van der Waals surface area contributed by atoms with Crippen molar-refractivity contribution >= 4 is 28.1 Å². The van der Waals surface area contributed by atoms with Crippen molar-refractivity contribution < 1.29 is 0 Å². The molecule has 4 nitrogen and oxygen atoms in total. The van der Waals surface area contributed by atoms with Crippen LogP contribution in [0.4, 0.5) is 5.13 Å². The first-order valence-corrected chi connectivity index (χ1v) is 9.26. The van der Waals surface area contributed by atoms with E-state index in [0.29, 0.717) is 0 Å². The highest BCUT2D eigenvalue weighted by Crippen LogP contribution is 2.25. The van der Waals surface area contributed by atoms with Gasteiger partial charge in [-0.1, -0.05) is 35.1 Å². The fourth-order valence-electron chi connectivity index (χ4n) is 2.96. The monoisotopic (exact) mass is 350 g/mol. The normalized spacial score (nSPS) is 16.7. The molecule has 3 rings (SSSR count). The molecule has 1 fully saturated rings. The summed E-state index contributed by atoms with van der Waals surface area (Å²) in [5.74, 6) is 0.764. The molecule has 1 saturated heterocycles. The van der Waals surface area contributed by atoms with Gasteiger partial charge in [0, 0.05) is 25.0 Å². The molecule has 2 heterocycles. The minimum absolute atomic E-state index is 0.764. The van der Waals surface area contributed by atoms with Gasteiger partial charge in [-0.3, -0.25) is 0 Å². The van der Waals surface area contributed by atoms with E-state index in [1.54, 1.807) is 11.3 Å². The fraction of sp³-hybridized carbons (Fsp3) is 0.529. The van der Waals surface area contributed by atoms with Crippen LogP contribution < -0.4 is 4.90 Å². The quantitative estimate of drug-likeness (QED) is 0.825. The van der Waals surface area contributed by atoms with E-state index in [-0.39, 0.29) is 0 Å². The first kappa shape index (κ1) is 16.7. The van der Waals surface area contributed by atoms with Crippen molar-refractivity contribution in [3.63, 3.8) is 0 Å². The van der Waals surface area contributed by atoms with Crippen LogP contribution in [0.25, 0.3) is 0 Å². The highest BCUT2D eigenvalue weighted by atomic mass is 35.5. The lowest BCUT2D eigenvalue weighted by molar-refractivity contribution is 0.222. The largest absolute Gasteiger partial charge is 0.349 e. The molecule has 0 bridgehead atoms. The summed E-state index contributed by atoms with van der Waals surface area (Å²) >= 11 is 7.62. The Hall–Kier alpha value is -1.17. The lowest BCUT2D eigenvalue weighted by atomic mass is 9.97. The first-order valence-electron chi connectivity index (χ1n) is 8.06. The van der Waals surface area contributed by atoms with Gasteiger partial charge in [-0.2, -0.15) is 0 Å². The molecule has 1 aliphatic heterocycles. The Labute approximate surface area is 147 Å². The van der Waals surface area contributed by atoms with Gasteiger partial charge in [-0.05, 0) is 56.6 Å². The Kier molecular flexibility index (Phi) is 5.51. The van der Waals surface area contributed by atoms with Gasteiger partial charge < -0.3 is 9.80 Å². The minimum Gasteiger partial charge on any atom is -0.349 e. The standard InChI is InChI=1S/C17H23ClN4S/c1-21-9-7-14(8-10-21)12-22(2)17-20-19-16(23-17)11-13-3-5-15(18)6-4-13/h3-6,14H,7-12H2,1-2H3. The first-order chi connectivity index (χ1) is 11.1. The van der Waals surface area contributed by atoms with Crippen molar-refractivity contribution in [2.75, 3.05) is 38.6 Å². The van der Waals surface area contributed by atoms with E-state index in [1.165, 1.54) is 31.5 Å². The zero-order chi connectivity index (χ0) is 16.2. The number of rotatable bonds is 5. The Bertz CT molecular complexity index is 620. The van der Waals surface area contributed by atoms with Crippen LogP contribution in [0.1, 0.15) is 23.4 Å². The molecule has 2 aromatic rings. The van der Waals surface area contributed by atoms with Crippen molar-refractivity contribution in [2.45, 2.75) is 19.3 Å². The Morgan fingerprint density at radius 1 is 1.22 bits per heavy atom. The molecule has 0 atom stereocenters. The number of anilines is 1. The van der Waals surface area contributed by atoms with Gasteiger partial charge in [-0.25, -0.2) is 0 Å². The van der Waals surface area contributed by atoms with E-state index in [2.05, 4.69) is 34.1 Å². The molecular weight excluding hydrogens is 328 g/mol. The maximum atomic E-state index is 5.93. The zero-order valence-electron chi connectivity index (χ0n) is 13.7. The number of likely N-dealkylation sites (tertiary alicyclic amines) is 1. The Morgan fingerprint density at radius 3 is 2.61 bits per heavy atom. The van der Waals surface area contributed by atoms with Crippen molar-refractivity contribution in [1.82, 2.24) is 15.1 Å². The van der Waals surface area contributed by atoms with E-state index in [9.17, 15) is 0 Å². The predicted octanol–water partition coefficient (Wildman–Crippen LogP) is 3.56. The van der Waals surface area contributed by atoms with Gasteiger partial charge in [-0.15, -0.1) is 10.2 Å². The maximum absolute atomic E-state index is 5.93. The zero-order valence-corrected chi connectivity index (χ0v) is 15.3. The maximum Gasteiger partial charge on any atom is 0.208 e. The molecule has 1 aromatic heterocycles. The highest BCUT2D eigenvalue weighted by Gasteiger charge is 2.19. The Morgan fingerprint density at radius 2 is 1.91 bits per heavy atom. The summed E-state index contributed by atoms with van der Waals surface area (Å²) in [4.78, 5) is 4.67. The molecule has 0 aliphatic carbocycles. The summed E-state index contributed by atoms with van der Waals surface area (Å²) in [6.07, 6.45) is 3.37. The number of benzene rings is 1. The minimum atomic E-state index is 0.764. The predicted molar refractivity (Wildman–Crippen MR) is 97.7 cm³/mol. The summed E-state index contributed by atoms with van der Waals surface area (Å²) in [7, 11) is 4.33. The lowest BCUT2D eigenvalue weighted by Gasteiger charge is -2.31. The number of nitrogens with zero attached hydrogens (tertiary/aromatic N) is 4. The molecule has 0 amide bonds. The summed E-state index contributed by atoms with van der Waals surface area (Å²) in [5.41, 5.74) is 1.22. The third-order valence-corrected chi connectivity index (χ3v) is 5.71. The third-order valence-electron chi connectivity index (χ3n) is 4.42. The molecule has 0 unspecified atom stereocenters. The smallest absolute Gasteiger partial charge is 0.208 e. The van der Waals surface area contributed by atoms with Gasteiger partial charge in [0.25, 0.3) is 0 Å². The third kappa shape index (κ3) is 4.66. The molecular formula is C17H23ClN4S. The van der Waals surface area contributed by atoms with E-state index in [1.807, 2.05) is 24.3 Å². The van der Waals surface area contributed by atoms with Crippen molar-refractivity contribution in [3.05, 3.63) is 39.9 Å². The number of hydrogen-bond donors (Lipinski definition) is 0. The fourth-order valence-corrected chi connectivity index (χ4v) is 3.93. The molecule has 0 radical (unpaired) electrons. The molecule has 23 heavy (non-hydrogen) atoms. The molecule has 0 saturated carbocycles. The number of piperidine rings is 1. The second kappa shape index (κ2) is 7.60. The van der Waals surface area contributed by atoms with Crippen LogP contribution in [0.15, 0.2) is 24.3 Å². The van der Waals surface area contributed by atoms with Crippen LogP contribution in [0.5, 0.6) is 0 Å². The molecule has 1 aromatic carbocycles. The average Bonchev–Trinajstić information content (AvgIpc) is 3.00. The topological polar surface area (TPSA) is 32.3 Å². The second-order valence-electron chi connectivity index (χ2n) is 6.41. The van der Waals surface area contributed by atoms with E-state index in [4.69, 9.17) is 11.6 Å². The van der Waals surface area contributed by atoms with Crippen LogP contribution in [-0.4, -0.2) is 48.8 Å². The highest BCUT2D eigenvalue weighted by molar-refractivity contribution is 7.15. The second-order valence-corrected chi connectivity index (χ2v) is 7.89. The molecule has 0 N–H and O–H groups in total. The van der Waals surface area contributed by atoms with E-state index >= 15 is 0 Å². The molecule has 6 heteroatoms. The van der Waals surface area contributed by atoms with E-state index in [0.717, 1.165) is 34.0 Å². The van der Waals surface area contributed by atoms with Crippen LogP contribution >= 0.6 is 22.9 Å². The van der Waals surface area contributed by atoms with Gasteiger partial charge in [0.15, 0.2) is 0 Å². The van der Waals surface area contributed by atoms with Crippen molar-refractivity contribution in [1.29, 1.82) is 0 Å². The number of aromatic nitrogens is 2. The van der Waals surface area contributed by atoms with Crippen LogP contribution in [0, 0.1) is 5.92 Å². The van der Waals surface area contributed by atoms with Gasteiger partial charge in [0.1, 0.15) is 5.01 Å². The van der Waals surface area contributed by atoms with Gasteiger partial charge >= 0.3 is 0 Å². The summed E-state index contributed by atoms with van der Waals surface area (Å²) in [5, 5.41) is 11.6. The van der Waals surface area contributed by atoms with Gasteiger partial charge in [0.2, 0.25) is 5.13 Å². The molecule has 0 spiro atoms. The van der Waals surface area contributed by atoms with Crippen molar-refractivity contribution in [3.8, 4) is 0 Å². The summed E-state index contributed by atoms with van der Waals surface area (Å²) in [6.45, 7) is 3.48. The van der Waals surface area contributed by atoms with Crippen LogP contribution in [0.2, 0.25) is 5.02 Å². The van der Waals surface area contributed by atoms with Crippen LogP contribution in [0.3, 0.4) is 0 Å². The number of hydrogen-bond acceptors (Lipinski definition) is 5. The van der Waals surface area contributed by atoms with E-state index < -0.39 is 0 Å². The van der Waals surface area contributed by atoms with Crippen LogP contribution in [-0.2, 0) is 6.42 Å². The SMILES string of the molecule is CN1CCC(CN(C)c2nnc(Cc3ccc(Cl)cc3)s2)CC1. The van der Waals surface area contributed by atoms with Gasteiger partial charge in [0.05, 0.1) is 0 Å². The average molecular weight is 351 g/mol. The summed E-state index contributed by atoms with van der Waals surface area (Å²) < 4.78 is 0.